The van der Waals surface area contributed by atoms with Gasteiger partial charge in [0.2, 0.25) is 0 Å². The molecule has 1 N–H and O–H groups in total. The van der Waals surface area contributed by atoms with Crippen LogP contribution in [0.4, 0.5) is 5.69 Å². The van der Waals surface area contributed by atoms with Crippen LogP contribution in [-0.4, -0.2) is 10.4 Å². The van der Waals surface area contributed by atoms with Crippen molar-refractivity contribution in [3.63, 3.8) is 0 Å². The molecule has 1 unspecified atom stereocenters. The summed E-state index contributed by atoms with van der Waals surface area (Å²) in [5, 5.41) is 11.3. The number of furan rings is 1. The highest BCUT2D eigenvalue weighted by Crippen LogP contribution is 2.46. The lowest BCUT2D eigenvalue weighted by molar-refractivity contribution is -0.531. The minimum atomic E-state index is -0.0532. The molecule has 1 atom stereocenters. The molecule has 0 radical (unpaired) electrons. The van der Waals surface area contributed by atoms with Gasteiger partial charge in [-0.1, -0.05) is 140 Å². The molecule has 0 fully saturated rings. The van der Waals surface area contributed by atoms with Gasteiger partial charge in [0, 0.05) is 48.0 Å². The zero-order valence-electron chi connectivity index (χ0n) is 28.1. The van der Waals surface area contributed by atoms with Gasteiger partial charge >= 0.3 is 0 Å². The Labute approximate surface area is 304 Å². The van der Waals surface area contributed by atoms with Crippen LogP contribution in [0.1, 0.15) is 17.3 Å². The van der Waals surface area contributed by atoms with Crippen molar-refractivity contribution in [2.75, 3.05) is 0 Å². The highest BCUT2D eigenvalue weighted by molar-refractivity contribution is 7.26. The van der Waals surface area contributed by atoms with E-state index < -0.39 is 0 Å². The fourth-order valence-electron chi connectivity index (χ4n) is 8.21. The van der Waals surface area contributed by atoms with E-state index in [9.17, 15) is 0 Å². The molecule has 0 saturated heterocycles. The van der Waals surface area contributed by atoms with E-state index in [0.29, 0.717) is 0 Å². The van der Waals surface area contributed by atoms with Crippen LogP contribution in [0.5, 0.6) is 0 Å². The zero-order valence-corrected chi connectivity index (χ0v) is 28.9. The van der Waals surface area contributed by atoms with Gasteiger partial charge in [-0.15, -0.1) is 11.3 Å². The Hall–Kier alpha value is -6.49. The summed E-state index contributed by atoms with van der Waals surface area (Å²) in [4.78, 5) is 0. The Balaban J connectivity index is 1.22. The predicted octanol–water partition coefficient (Wildman–Crippen LogP) is 12.8. The van der Waals surface area contributed by atoms with E-state index in [1.54, 1.807) is 0 Å². The molecule has 1 aliphatic heterocycles. The molecule has 0 saturated carbocycles. The van der Waals surface area contributed by atoms with Crippen molar-refractivity contribution in [1.29, 1.82) is 0 Å². The first kappa shape index (κ1) is 29.3. The summed E-state index contributed by atoms with van der Waals surface area (Å²) >= 11 is 1.88. The van der Waals surface area contributed by atoms with Gasteiger partial charge in [-0.2, -0.15) is 4.58 Å². The lowest BCUT2D eigenvalue weighted by atomic mass is 9.94. The van der Waals surface area contributed by atoms with Gasteiger partial charge in [-0.3, -0.25) is 0 Å². The van der Waals surface area contributed by atoms with E-state index in [0.717, 1.165) is 39.0 Å². The van der Waals surface area contributed by atoms with E-state index in [1.807, 2.05) is 17.4 Å². The van der Waals surface area contributed by atoms with Crippen LogP contribution < -0.4 is 5.32 Å². The van der Waals surface area contributed by atoms with Crippen LogP contribution in [0, 0.1) is 0 Å². The third kappa shape index (κ3) is 4.41. The summed E-state index contributed by atoms with van der Waals surface area (Å²) < 4.78 is 11.7. The van der Waals surface area contributed by atoms with Crippen molar-refractivity contribution in [3.8, 4) is 22.3 Å². The third-order valence-corrected chi connectivity index (χ3v) is 11.8. The highest BCUT2D eigenvalue weighted by atomic mass is 32.1. The van der Waals surface area contributed by atoms with Crippen LogP contribution >= 0.6 is 11.3 Å². The number of fused-ring (bicyclic) bond motifs is 8. The summed E-state index contributed by atoms with van der Waals surface area (Å²) in [5.41, 5.74) is 10.1. The van der Waals surface area contributed by atoms with Crippen LogP contribution in [0.2, 0.25) is 0 Å². The third-order valence-electron chi connectivity index (χ3n) is 10.6. The molecule has 4 heteroatoms. The quantitative estimate of drug-likeness (QED) is 0.183. The molecule has 3 heterocycles. The van der Waals surface area contributed by atoms with Gasteiger partial charge in [0.1, 0.15) is 16.9 Å². The number of amidine groups is 1. The number of thiophene rings is 1. The molecule has 0 aliphatic carbocycles. The van der Waals surface area contributed by atoms with Gasteiger partial charge in [0.05, 0.1) is 5.56 Å². The molecule has 0 spiro atoms. The Morgan fingerprint density at radius 1 is 0.481 bits per heavy atom. The number of nitrogens with zero attached hydrogens (tertiary/aromatic N) is 1. The molecule has 244 valence electrons. The van der Waals surface area contributed by atoms with Crippen LogP contribution in [-0.2, 0) is 0 Å². The van der Waals surface area contributed by atoms with Crippen molar-refractivity contribution in [2.45, 2.75) is 6.17 Å². The lowest BCUT2D eigenvalue weighted by Crippen LogP contribution is -2.51. The minimum absolute atomic E-state index is 0.0532. The van der Waals surface area contributed by atoms with Gasteiger partial charge in [0.15, 0.2) is 0 Å². The second-order valence-electron chi connectivity index (χ2n) is 13.5. The number of para-hydroxylation sites is 1. The maximum Gasteiger partial charge on any atom is 0.290 e. The molecule has 10 aromatic rings. The highest BCUT2D eigenvalue weighted by Gasteiger charge is 2.42. The second kappa shape index (κ2) is 11.5. The smallest absolute Gasteiger partial charge is 0.290 e. The van der Waals surface area contributed by atoms with Crippen LogP contribution in [0.15, 0.2) is 180 Å². The van der Waals surface area contributed by atoms with Crippen molar-refractivity contribution in [1.82, 2.24) is 5.32 Å². The Morgan fingerprint density at radius 3 is 1.90 bits per heavy atom. The molecular weight excluding hydrogens is 653 g/mol. The minimum Gasteiger partial charge on any atom is -0.456 e. The number of hydrogen-bond donors (Lipinski definition) is 1. The summed E-state index contributed by atoms with van der Waals surface area (Å²) in [6, 6.07) is 63.2. The average molecular weight is 684 g/mol. The van der Waals surface area contributed by atoms with Crippen LogP contribution in [0.25, 0.3) is 75.1 Å². The largest absolute Gasteiger partial charge is 0.456 e. The van der Waals surface area contributed by atoms with E-state index in [1.165, 1.54) is 58.8 Å². The van der Waals surface area contributed by atoms with Gasteiger partial charge in [-0.05, 0) is 58.0 Å². The SMILES string of the molecule is c1ccc(-c2cc3c(sc4cccc(C5=[N+](c6cc(-c7ccccc7)c7c(c6)oc6ccccc67)C(c6ccccc6)N5)c43)c3ccccc23)cc1. The number of benzene rings is 8. The van der Waals surface area contributed by atoms with Crippen molar-refractivity contribution < 1.29 is 8.99 Å². The van der Waals surface area contributed by atoms with Crippen molar-refractivity contribution in [2.24, 2.45) is 0 Å². The molecule has 11 rings (SSSR count). The lowest BCUT2D eigenvalue weighted by Gasteiger charge is -2.30. The summed E-state index contributed by atoms with van der Waals surface area (Å²) in [6.07, 6.45) is -0.0532. The first-order valence-corrected chi connectivity index (χ1v) is 18.5. The van der Waals surface area contributed by atoms with Crippen LogP contribution in [0.3, 0.4) is 0 Å². The number of hydrogen-bond acceptors (Lipinski definition) is 3. The average Bonchev–Trinajstić information content (AvgIpc) is 3.77. The molecular formula is C48H31N2OS+. The first-order chi connectivity index (χ1) is 25.8. The molecule has 0 amide bonds. The Kier molecular flexibility index (Phi) is 6.48. The maximum atomic E-state index is 6.61. The molecule has 8 aromatic carbocycles. The fourth-order valence-corrected chi connectivity index (χ4v) is 9.45. The first-order valence-electron chi connectivity index (χ1n) is 17.7. The van der Waals surface area contributed by atoms with Gasteiger partial charge < -0.3 is 4.42 Å². The predicted molar refractivity (Wildman–Crippen MR) is 218 cm³/mol. The maximum absolute atomic E-state index is 6.61. The summed E-state index contributed by atoms with van der Waals surface area (Å²) in [5.74, 6) is 1.09. The number of rotatable bonds is 5. The number of nitrogens with one attached hydrogen (secondary N) is 1. The van der Waals surface area contributed by atoms with E-state index in [2.05, 4.69) is 180 Å². The van der Waals surface area contributed by atoms with Gasteiger partial charge in [0.25, 0.3) is 12.0 Å². The molecule has 1 aliphatic rings. The van der Waals surface area contributed by atoms with E-state index in [-0.39, 0.29) is 6.17 Å². The topological polar surface area (TPSA) is 28.2 Å². The van der Waals surface area contributed by atoms with Gasteiger partial charge in [-0.25, -0.2) is 5.32 Å². The summed E-state index contributed by atoms with van der Waals surface area (Å²) in [7, 11) is 0. The fraction of sp³-hybridized carbons (Fsp3) is 0.0208. The molecule has 52 heavy (non-hydrogen) atoms. The molecule has 0 bridgehead atoms. The molecule has 2 aromatic heterocycles. The van der Waals surface area contributed by atoms with E-state index >= 15 is 0 Å². The normalized spacial score (nSPS) is 14.4. The zero-order chi connectivity index (χ0) is 34.2. The van der Waals surface area contributed by atoms with E-state index in [4.69, 9.17) is 4.42 Å². The second-order valence-corrected chi connectivity index (χ2v) is 14.6. The molecule has 3 nitrogen and oxygen atoms in total. The van der Waals surface area contributed by atoms with Crippen molar-refractivity contribution in [3.05, 3.63) is 187 Å². The monoisotopic (exact) mass is 683 g/mol. The summed E-state index contributed by atoms with van der Waals surface area (Å²) in [6.45, 7) is 0. The standard InChI is InChI=1S/C48H30N2OS/c1-4-15-30(16-5-1)38-29-40-45-37(24-14-26-43(45)52-46(40)35-22-11-10-21-34(35)38)48-49-47(32-19-8-3-9-20-32)50(48)33-27-39(31-17-6-2-7-18-31)44-36-23-12-13-25-41(36)51-42(44)28-33/h1-29,47H/p+1. The Morgan fingerprint density at radius 2 is 1.13 bits per heavy atom. The Bertz CT molecular complexity index is 3030. The van der Waals surface area contributed by atoms with Crippen molar-refractivity contribution >= 4 is 75.7 Å².